The van der Waals surface area contributed by atoms with E-state index in [0.717, 1.165) is 51.9 Å². The molecule has 0 aliphatic heterocycles. The summed E-state index contributed by atoms with van der Waals surface area (Å²) in [5, 5.41) is 3.77. The highest BCUT2D eigenvalue weighted by atomic mass is 15.0. The number of hydrogen-bond donors (Lipinski definition) is 0. The van der Waals surface area contributed by atoms with Gasteiger partial charge in [-0.2, -0.15) is 0 Å². The Balaban J connectivity index is 0.884. The summed E-state index contributed by atoms with van der Waals surface area (Å²) in [7, 11) is 0. The van der Waals surface area contributed by atoms with Crippen molar-refractivity contribution in [2.24, 2.45) is 0 Å². The Morgan fingerprint density at radius 3 is 1.85 bits per heavy atom. The molecule has 0 fully saturated rings. The van der Waals surface area contributed by atoms with Crippen molar-refractivity contribution in [2.75, 3.05) is 0 Å². The van der Waals surface area contributed by atoms with Crippen LogP contribution >= 0.6 is 0 Å². The van der Waals surface area contributed by atoms with Crippen LogP contribution in [0.4, 0.5) is 0 Å². The van der Waals surface area contributed by atoms with E-state index in [1.54, 1.807) is 0 Å². The summed E-state index contributed by atoms with van der Waals surface area (Å²) < 4.78 is 4.88. The average molecular weight is 910 g/mol. The van der Waals surface area contributed by atoms with Gasteiger partial charge in [0, 0.05) is 55.3 Å². The zero-order chi connectivity index (χ0) is 47.2. The first-order chi connectivity index (χ1) is 35.0. The third-order valence-corrected chi connectivity index (χ3v) is 15.0. The van der Waals surface area contributed by atoms with E-state index in [9.17, 15) is 0 Å². The van der Waals surface area contributed by atoms with Gasteiger partial charge in [-0.15, -0.1) is 0 Å². The Morgan fingerprint density at radius 2 is 0.986 bits per heavy atom. The molecule has 0 saturated carbocycles. The van der Waals surface area contributed by atoms with Crippen molar-refractivity contribution in [3.05, 3.63) is 241 Å². The third-order valence-electron chi connectivity index (χ3n) is 15.0. The second-order valence-electron chi connectivity index (χ2n) is 19.5. The minimum absolute atomic E-state index is 0.147. The van der Waals surface area contributed by atoms with Gasteiger partial charge in [0.25, 0.3) is 0 Å². The second kappa shape index (κ2) is 16.1. The first kappa shape index (κ1) is 41.1. The molecule has 12 aromatic rings. The van der Waals surface area contributed by atoms with Crippen molar-refractivity contribution in [3.8, 4) is 78.9 Å². The zero-order valence-electron chi connectivity index (χ0n) is 39.5. The van der Waals surface area contributed by atoms with E-state index in [2.05, 4.69) is 229 Å². The Morgan fingerprint density at radius 1 is 0.394 bits per heavy atom. The highest BCUT2D eigenvalue weighted by molar-refractivity contribution is 6.10. The molecule has 9 aromatic carbocycles. The number of para-hydroxylation sites is 2. The van der Waals surface area contributed by atoms with Crippen LogP contribution in [0.1, 0.15) is 42.7 Å². The van der Waals surface area contributed by atoms with Gasteiger partial charge in [0.15, 0.2) is 17.5 Å². The molecule has 3 aromatic heterocycles. The van der Waals surface area contributed by atoms with Gasteiger partial charge in [0.2, 0.25) is 0 Å². The SMILES string of the molecule is CC1(C)c2ccccc2-c2ccc(-c3nc(-c4ccccc4)nc(-c4cccc(-c5ccc6c7ccccc7n(-c7cccc(-c8cccc9c8c8c(n9-c9ccccc9)C=CCC8)c7)c6c5)c4)n3)cc21. The van der Waals surface area contributed by atoms with E-state index in [1.807, 2.05) is 18.2 Å². The maximum absolute atomic E-state index is 5.25. The van der Waals surface area contributed by atoms with Crippen LogP contribution in [0.2, 0.25) is 0 Å². The van der Waals surface area contributed by atoms with Gasteiger partial charge in [-0.25, -0.2) is 15.0 Å². The summed E-state index contributed by atoms with van der Waals surface area (Å²) >= 11 is 0. The lowest BCUT2D eigenvalue weighted by Gasteiger charge is -2.21. The fraction of sp³-hybridized carbons (Fsp3) is 0.0758. The third kappa shape index (κ3) is 6.57. The number of nitrogens with zero attached hydrogens (tertiary/aromatic N) is 5. The molecule has 0 radical (unpaired) electrons. The molecule has 0 N–H and O–H groups in total. The van der Waals surface area contributed by atoms with Gasteiger partial charge in [-0.05, 0) is 124 Å². The maximum Gasteiger partial charge on any atom is 0.164 e. The molecular weight excluding hydrogens is 863 g/mol. The van der Waals surface area contributed by atoms with Crippen molar-refractivity contribution in [1.82, 2.24) is 24.1 Å². The number of rotatable bonds is 7. The summed E-state index contributed by atoms with van der Waals surface area (Å²) in [6.07, 6.45) is 6.68. The smallest absolute Gasteiger partial charge is 0.164 e. The summed E-state index contributed by atoms with van der Waals surface area (Å²) in [5.74, 6) is 1.94. The van der Waals surface area contributed by atoms with Crippen LogP contribution in [0, 0.1) is 0 Å². The minimum Gasteiger partial charge on any atom is -0.310 e. The maximum atomic E-state index is 5.25. The van der Waals surface area contributed by atoms with Crippen molar-refractivity contribution < 1.29 is 0 Å². The quantitative estimate of drug-likeness (QED) is 0.160. The molecule has 2 aliphatic rings. The lowest BCUT2D eigenvalue weighted by Crippen LogP contribution is -2.15. The van der Waals surface area contributed by atoms with Crippen LogP contribution in [0.15, 0.2) is 218 Å². The number of aryl methyl sites for hydroxylation is 1. The highest BCUT2D eigenvalue weighted by Gasteiger charge is 2.35. The number of allylic oxidation sites excluding steroid dienone is 1. The fourth-order valence-electron chi connectivity index (χ4n) is 11.7. The van der Waals surface area contributed by atoms with Crippen LogP contribution in [0.3, 0.4) is 0 Å². The molecule has 0 atom stereocenters. The van der Waals surface area contributed by atoms with Crippen LogP contribution in [0.5, 0.6) is 0 Å². The van der Waals surface area contributed by atoms with Gasteiger partial charge in [-0.3, -0.25) is 0 Å². The van der Waals surface area contributed by atoms with Gasteiger partial charge in [0.05, 0.1) is 16.6 Å². The first-order valence-electron chi connectivity index (χ1n) is 24.7. The minimum atomic E-state index is -0.147. The topological polar surface area (TPSA) is 48.5 Å². The number of fused-ring (bicyclic) bond motifs is 9. The van der Waals surface area contributed by atoms with Crippen molar-refractivity contribution in [1.29, 1.82) is 0 Å². The van der Waals surface area contributed by atoms with E-state index >= 15 is 0 Å². The molecule has 0 unspecified atom stereocenters. The molecule has 336 valence electrons. The standard InChI is InChI=1S/C66H47N5/c1-66(2)56-30-12-9-26-51(56)52-36-35-47(40-57(52)66)65-68-63(42-18-5-3-6-19-42)67-64(69-65)46-22-15-20-43(38-46)44-34-37-54-53-27-10-13-31-58(53)71(61(54)41-44)49-25-16-21-45(39-49)50-29-17-33-60-62(50)55-28-11-14-32-59(55)70(60)48-23-7-4-8-24-48/h3-10,12-27,29-41H,11,28H2,1-2H3. The molecule has 3 heterocycles. The monoisotopic (exact) mass is 909 g/mol. The average Bonchev–Trinajstić information content (AvgIpc) is 4.04. The predicted molar refractivity (Wildman–Crippen MR) is 293 cm³/mol. The molecule has 71 heavy (non-hydrogen) atoms. The van der Waals surface area contributed by atoms with E-state index in [0.29, 0.717) is 17.5 Å². The van der Waals surface area contributed by atoms with Crippen LogP contribution in [-0.4, -0.2) is 24.1 Å². The lowest BCUT2D eigenvalue weighted by molar-refractivity contribution is 0.660. The number of aromatic nitrogens is 5. The van der Waals surface area contributed by atoms with E-state index in [-0.39, 0.29) is 5.41 Å². The molecule has 0 bridgehead atoms. The Bertz CT molecular complexity index is 4130. The largest absolute Gasteiger partial charge is 0.310 e. The molecule has 2 aliphatic carbocycles. The Kier molecular flexibility index (Phi) is 9.30. The van der Waals surface area contributed by atoms with Gasteiger partial charge in [-0.1, -0.05) is 178 Å². The van der Waals surface area contributed by atoms with Gasteiger partial charge in [0.1, 0.15) is 0 Å². The highest BCUT2D eigenvalue weighted by Crippen LogP contribution is 2.50. The van der Waals surface area contributed by atoms with Crippen molar-refractivity contribution in [3.63, 3.8) is 0 Å². The summed E-state index contributed by atoms with van der Waals surface area (Å²) in [6, 6.07) is 76.7. The predicted octanol–water partition coefficient (Wildman–Crippen LogP) is 16.5. The van der Waals surface area contributed by atoms with Crippen LogP contribution in [-0.2, 0) is 11.8 Å². The second-order valence-corrected chi connectivity index (χ2v) is 19.5. The zero-order valence-corrected chi connectivity index (χ0v) is 39.5. The van der Waals surface area contributed by atoms with Gasteiger partial charge < -0.3 is 9.13 Å². The molecule has 5 heteroatoms. The van der Waals surface area contributed by atoms with E-state index < -0.39 is 0 Å². The normalized spacial score (nSPS) is 13.4. The van der Waals surface area contributed by atoms with E-state index in [1.165, 1.54) is 77.5 Å². The molecule has 14 rings (SSSR count). The molecule has 0 amide bonds. The summed E-state index contributed by atoms with van der Waals surface area (Å²) in [4.78, 5) is 15.6. The van der Waals surface area contributed by atoms with Crippen molar-refractivity contribution >= 4 is 38.8 Å². The lowest BCUT2D eigenvalue weighted by atomic mass is 9.82. The molecule has 0 saturated heterocycles. The number of hydrogen-bond acceptors (Lipinski definition) is 3. The van der Waals surface area contributed by atoms with Crippen LogP contribution < -0.4 is 0 Å². The van der Waals surface area contributed by atoms with Crippen molar-refractivity contribution in [2.45, 2.75) is 32.1 Å². The summed E-state index contributed by atoms with van der Waals surface area (Å²) in [5.41, 5.74) is 21.1. The molecule has 0 spiro atoms. The first-order valence-corrected chi connectivity index (χ1v) is 24.7. The van der Waals surface area contributed by atoms with E-state index in [4.69, 9.17) is 15.0 Å². The van der Waals surface area contributed by atoms with Crippen LogP contribution in [0.25, 0.3) is 118 Å². The van der Waals surface area contributed by atoms with Gasteiger partial charge >= 0.3 is 0 Å². The fourth-order valence-corrected chi connectivity index (χ4v) is 11.7. The molecular formula is C66H47N5. The summed E-state index contributed by atoms with van der Waals surface area (Å²) in [6.45, 7) is 4.62. The number of benzene rings is 9. The Labute approximate surface area is 412 Å². The molecule has 5 nitrogen and oxygen atoms in total. The Hall–Kier alpha value is -8.93.